The van der Waals surface area contributed by atoms with Crippen molar-refractivity contribution in [2.45, 2.75) is 58.2 Å². The van der Waals surface area contributed by atoms with E-state index >= 15 is 0 Å². The van der Waals surface area contributed by atoms with Gasteiger partial charge < -0.3 is 4.98 Å². The molecule has 0 heterocycles. The first-order valence-electron chi connectivity index (χ1n) is 5.44. The second-order valence-corrected chi connectivity index (χ2v) is 7.22. The Morgan fingerprint density at radius 3 is 2.42 bits per heavy atom. The van der Waals surface area contributed by atoms with Gasteiger partial charge in [-0.15, -0.1) is 0 Å². The van der Waals surface area contributed by atoms with E-state index in [-0.39, 0.29) is 0 Å². The second kappa shape index (κ2) is 5.03. The molecule has 1 saturated carbocycles. The molecule has 1 rings (SSSR count). The molecule has 0 bridgehead atoms. The van der Waals surface area contributed by atoms with Gasteiger partial charge in [0.1, 0.15) is 8.96 Å². The molecule has 0 radical (unpaired) electrons. The first kappa shape index (κ1) is 10.3. The topological polar surface area (TPSA) is 12.0 Å². The number of nitrogens with one attached hydrogen (secondary N) is 1. The van der Waals surface area contributed by atoms with Crippen LogP contribution >= 0.6 is 0 Å². The first-order chi connectivity index (χ1) is 5.68. The van der Waals surface area contributed by atoms with Crippen molar-refractivity contribution in [1.82, 2.24) is 4.98 Å². The minimum atomic E-state index is -0.563. The lowest BCUT2D eigenvalue weighted by Crippen LogP contribution is -2.37. The van der Waals surface area contributed by atoms with Gasteiger partial charge in [0.05, 0.1) is 0 Å². The van der Waals surface area contributed by atoms with Gasteiger partial charge in [-0.2, -0.15) is 0 Å². The zero-order valence-electron chi connectivity index (χ0n) is 8.77. The zero-order valence-corrected chi connectivity index (χ0v) is 9.92. The maximum Gasteiger partial charge on any atom is 0.106 e. The normalized spacial score (nSPS) is 22.0. The molecule has 0 aromatic rings. The second-order valence-electron chi connectivity index (χ2n) is 4.61. The Labute approximate surface area is 78.6 Å². The standard InChI is InChI=1S/C10H23NSi/c1-9(2)11-12(3)8-10-6-4-5-7-10/h9-12H,4-8H2,1-3H3. The van der Waals surface area contributed by atoms with Crippen molar-refractivity contribution in [3.63, 3.8) is 0 Å². The molecule has 0 aromatic heterocycles. The quantitative estimate of drug-likeness (QED) is 0.664. The van der Waals surface area contributed by atoms with E-state index in [0.29, 0.717) is 6.04 Å². The molecule has 1 nitrogen and oxygen atoms in total. The maximum atomic E-state index is 3.71. The molecule has 0 aromatic carbocycles. The molecule has 0 saturated heterocycles. The highest BCUT2D eigenvalue weighted by Crippen LogP contribution is 2.28. The van der Waals surface area contributed by atoms with Gasteiger partial charge >= 0.3 is 0 Å². The molecular formula is C10H23NSi. The van der Waals surface area contributed by atoms with Gasteiger partial charge in [-0.1, -0.05) is 46.1 Å². The number of hydrogen-bond acceptors (Lipinski definition) is 1. The highest BCUT2D eigenvalue weighted by Gasteiger charge is 2.18. The van der Waals surface area contributed by atoms with Gasteiger partial charge in [0.15, 0.2) is 0 Å². The molecule has 0 spiro atoms. The predicted octanol–water partition coefficient (Wildman–Crippen LogP) is 2.53. The fourth-order valence-corrected chi connectivity index (χ4v) is 5.13. The largest absolute Gasteiger partial charge is 0.337 e. The minimum absolute atomic E-state index is 0.563. The summed E-state index contributed by atoms with van der Waals surface area (Å²) < 4.78 is 0. The van der Waals surface area contributed by atoms with Crippen molar-refractivity contribution in [3.8, 4) is 0 Å². The SMILES string of the molecule is CC(C)N[SiH](C)CC1CCCC1. The Morgan fingerprint density at radius 2 is 1.92 bits per heavy atom. The molecule has 1 atom stereocenters. The zero-order chi connectivity index (χ0) is 8.97. The number of hydrogen-bond donors (Lipinski definition) is 1. The molecule has 1 unspecified atom stereocenters. The molecule has 0 aliphatic heterocycles. The Bertz CT molecular complexity index is 119. The minimum Gasteiger partial charge on any atom is -0.337 e. The lowest BCUT2D eigenvalue weighted by atomic mass is 10.1. The van der Waals surface area contributed by atoms with E-state index in [9.17, 15) is 0 Å². The van der Waals surface area contributed by atoms with Crippen molar-refractivity contribution < 1.29 is 0 Å². The van der Waals surface area contributed by atoms with Crippen molar-refractivity contribution in [1.29, 1.82) is 0 Å². The van der Waals surface area contributed by atoms with Crippen LogP contribution in [0.15, 0.2) is 0 Å². The van der Waals surface area contributed by atoms with Crippen LogP contribution in [0.3, 0.4) is 0 Å². The van der Waals surface area contributed by atoms with Gasteiger partial charge in [0, 0.05) is 0 Å². The molecule has 0 amide bonds. The molecule has 1 N–H and O–H groups in total. The fraction of sp³-hybridized carbons (Fsp3) is 1.00. The van der Waals surface area contributed by atoms with E-state index in [0.717, 1.165) is 5.92 Å². The van der Waals surface area contributed by atoms with Crippen LogP contribution in [0.1, 0.15) is 39.5 Å². The van der Waals surface area contributed by atoms with E-state index in [1.54, 1.807) is 0 Å². The van der Waals surface area contributed by atoms with Crippen LogP contribution in [0, 0.1) is 5.92 Å². The lowest BCUT2D eigenvalue weighted by Gasteiger charge is -2.18. The third kappa shape index (κ3) is 3.72. The van der Waals surface area contributed by atoms with Crippen LogP contribution in [0.4, 0.5) is 0 Å². The van der Waals surface area contributed by atoms with E-state index < -0.39 is 8.96 Å². The molecule has 1 fully saturated rings. The van der Waals surface area contributed by atoms with Gasteiger partial charge in [0.25, 0.3) is 0 Å². The van der Waals surface area contributed by atoms with E-state index in [2.05, 4.69) is 25.4 Å². The maximum absolute atomic E-state index is 3.71. The van der Waals surface area contributed by atoms with E-state index in [4.69, 9.17) is 0 Å². The van der Waals surface area contributed by atoms with Crippen molar-refractivity contribution in [2.24, 2.45) is 5.92 Å². The van der Waals surface area contributed by atoms with Crippen LogP contribution in [0.5, 0.6) is 0 Å². The van der Waals surface area contributed by atoms with Crippen LogP contribution < -0.4 is 4.98 Å². The summed E-state index contributed by atoms with van der Waals surface area (Å²) in [6.45, 7) is 6.98. The predicted molar refractivity (Wildman–Crippen MR) is 58.0 cm³/mol. The first-order valence-corrected chi connectivity index (χ1v) is 7.99. The highest BCUT2D eigenvalue weighted by atomic mass is 28.3. The van der Waals surface area contributed by atoms with Gasteiger partial charge in [-0.05, 0) is 18.0 Å². The van der Waals surface area contributed by atoms with Crippen LogP contribution in [0.2, 0.25) is 12.6 Å². The highest BCUT2D eigenvalue weighted by molar-refractivity contribution is 6.54. The van der Waals surface area contributed by atoms with Crippen LogP contribution in [-0.2, 0) is 0 Å². The summed E-state index contributed by atoms with van der Waals surface area (Å²) in [5, 5.41) is 0. The molecule has 12 heavy (non-hydrogen) atoms. The average Bonchev–Trinajstić information content (AvgIpc) is 2.37. The summed E-state index contributed by atoms with van der Waals surface area (Å²) in [6, 6.07) is 2.23. The smallest absolute Gasteiger partial charge is 0.106 e. The third-order valence-electron chi connectivity index (χ3n) is 2.78. The van der Waals surface area contributed by atoms with Crippen molar-refractivity contribution in [3.05, 3.63) is 0 Å². The Balaban J connectivity index is 2.11. The average molecular weight is 185 g/mol. The lowest BCUT2D eigenvalue weighted by molar-refractivity contribution is 0.595. The van der Waals surface area contributed by atoms with Crippen LogP contribution in [-0.4, -0.2) is 15.0 Å². The van der Waals surface area contributed by atoms with E-state index in [1.807, 2.05) is 0 Å². The fourth-order valence-electron chi connectivity index (χ4n) is 2.38. The summed E-state index contributed by atoms with van der Waals surface area (Å²) in [6.07, 6.45) is 6.01. The van der Waals surface area contributed by atoms with Crippen molar-refractivity contribution >= 4 is 8.96 Å². The summed E-state index contributed by atoms with van der Waals surface area (Å²) in [4.78, 5) is 3.71. The Morgan fingerprint density at radius 1 is 1.33 bits per heavy atom. The summed E-state index contributed by atoms with van der Waals surface area (Å²) in [5.41, 5.74) is 0. The van der Waals surface area contributed by atoms with Gasteiger partial charge in [0.2, 0.25) is 0 Å². The summed E-state index contributed by atoms with van der Waals surface area (Å²) >= 11 is 0. The Hall–Kier alpha value is 0.177. The van der Waals surface area contributed by atoms with Gasteiger partial charge in [-0.25, -0.2) is 0 Å². The molecule has 72 valence electrons. The monoisotopic (exact) mass is 185 g/mol. The summed E-state index contributed by atoms with van der Waals surface area (Å²) in [7, 11) is -0.563. The van der Waals surface area contributed by atoms with Gasteiger partial charge in [-0.3, -0.25) is 0 Å². The molecule has 2 heteroatoms. The molecule has 1 aliphatic carbocycles. The van der Waals surface area contributed by atoms with E-state index in [1.165, 1.54) is 31.7 Å². The number of rotatable bonds is 4. The third-order valence-corrected chi connectivity index (χ3v) is 5.39. The summed E-state index contributed by atoms with van der Waals surface area (Å²) in [5.74, 6) is 1.08. The Kier molecular flexibility index (Phi) is 4.30. The molecular weight excluding hydrogens is 162 g/mol. The van der Waals surface area contributed by atoms with Crippen molar-refractivity contribution in [2.75, 3.05) is 0 Å². The molecule has 1 aliphatic rings. The van der Waals surface area contributed by atoms with Crippen LogP contribution in [0.25, 0.3) is 0 Å².